The third-order valence-corrected chi connectivity index (χ3v) is 5.64. The van der Waals surface area contributed by atoms with Crippen molar-refractivity contribution in [3.8, 4) is 0 Å². The maximum Gasteiger partial charge on any atom is 0.328 e. The van der Waals surface area contributed by atoms with E-state index in [2.05, 4.69) is 25.9 Å². The number of benzene rings is 1. The number of hydrogen-bond donors (Lipinski definition) is 10. The fraction of sp³-hybridized carbons (Fsp3) is 0.435. The topological polar surface area (TPSA) is 271 Å². The molecule has 0 aliphatic heterocycles. The fourth-order valence-electron chi connectivity index (χ4n) is 3.61. The molecule has 13 N–H and O–H groups in total. The molecule has 1 aromatic heterocycles. The van der Waals surface area contributed by atoms with Crippen LogP contribution < -0.4 is 33.2 Å². The number of fused-ring (bicyclic) bond motifs is 1. The van der Waals surface area contributed by atoms with Gasteiger partial charge in [-0.3, -0.25) is 19.4 Å². The van der Waals surface area contributed by atoms with Crippen molar-refractivity contribution in [1.82, 2.24) is 20.9 Å². The second-order valence-corrected chi connectivity index (χ2v) is 8.51. The third-order valence-electron chi connectivity index (χ3n) is 5.64. The second-order valence-electron chi connectivity index (χ2n) is 8.51. The predicted molar refractivity (Wildman–Crippen MR) is 137 cm³/mol. The zero-order valence-electron chi connectivity index (χ0n) is 20.6. The minimum Gasteiger partial charge on any atom is -0.480 e. The molecule has 1 aromatic carbocycles. The number of amides is 3. The third kappa shape index (κ3) is 8.72. The lowest BCUT2D eigenvalue weighted by Crippen LogP contribution is -2.58. The minimum atomic E-state index is -1.60. The van der Waals surface area contributed by atoms with E-state index < -0.39 is 61.1 Å². The smallest absolute Gasteiger partial charge is 0.328 e. The Kier molecular flexibility index (Phi) is 11.5. The Hall–Kier alpha value is -4.21. The van der Waals surface area contributed by atoms with E-state index in [0.29, 0.717) is 0 Å². The summed E-state index contributed by atoms with van der Waals surface area (Å²) in [5.41, 5.74) is 18.2. The van der Waals surface area contributed by atoms with Crippen molar-refractivity contribution in [2.75, 3.05) is 19.8 Å². The number of hydrogen-bond acceptors (Lipinski definition) is 8. The number of aliphatic imine (C=N–C) groups is 1. The molecular formula is C23H34N8O7. The summed E-state index contributed by atoms with van der Waals surface area (Å²) in [6, 6.07) is 2.08. The van der Waals surface area contributed by atoms with Crippen LogP contribution in [0.5, 0.6) is 0 Å². The lowest BCUT2D eigenvalue weighted by atomic mass is 10.0. The molecule has 2 rings (SSSR count). The molecular weight excluding hydrogens is 500 g/mol. The summed E-state index contributed by atoms with van der Waals surface area (Å²) in [5.74, 6) is -4.16. The van der Waals surface area contributed by atoms with Gasteiger partial charge in [0.05, 0.1) is 19.3 Å². The van der Waals surface area contributed by atoms with Crippen LogP contribution in [0.4, 0.5) is 0 Å². The normalized spacial score (nSPS) is 14.1. The van der Waals surface area contributed by atoms with Crippen molar-refractivity contribution < 1.29 is 34.5 Å². The summed E-state index contributed by atoms with van der Waals surface area (Å²) in [6.07, 6.45) is 2.09. The average Bonchev–Trinajstić information content (AvgIpc) is 3.29. The molecule has 15 heteroatoms. The Bertz CT molecular complexity index is 1150. The number of para-hydroxylation sites is 1. The molecule has 0 fully saturated rings. The van der Waals surface area contributed by atoms with Crippen molar-refractivity contribution in [3.63, 3.8) is 0 Å². The van der Waals surface area contributed by atoms with E-state index in [1.54, 1.807) is 6.20 Å². The summed E-state index contributed by atoms with van der Waals surface area (Å²) in [5, 5.41) is 35.8. The van der Waals surface area contributed by atoms with Crippen LogP contribution in [-0.2, 0) is 25.6 Å². The number of H-pyrrole nitrogens is 1. The molecule has 0 radical (unpaired) electrons. The highest BCUT2D eigenvalue weighted by Crippen LogP contribution is 2.18. The monoisotopic (exact) mass is 534 g/mol. The number of nitrogens with zero attached hydrogens (tertiary/aromatic N) is 1. The SMILES string of the molecule is NC(N)=NCCCC(NC(=O)C(CO)NC(=O)C(N)Cc1c[nH]c2ccccc12)C(=O)NC(CO)C(=O)O. The Morgan fingerprint density at radius 3 is 2.16 bits per heavy atom. The summed E-state index contributed by atoms with van der Waals surface area (Å²) in [4.78, 5) is 56.2. The largest absolute Gasteiger partial charge is 0.480 e. The highest BCUT2D eigenvalue weighted by atomic mass is 16.4. The molecule has 0 saturated heterocycles. The number of carboxylic acid groups (broad SMARTS) is 1. The number of carbonyl (C=O) groups is 4. The van der Waals surface area contributed by atoms with Crippen LogP contribution in [0.3, 0.4) is 0 Å². The summed E-state index contributed by atoms with van der Waals surface area (Å²) < 4.78 is 0. The first kappa shape index (κ1) is 30.0. The number of guanidine groups is 1. The van der Waals surface area contributed by atoms with Crippen LogP contribution in [0.25, 0.3) is 10.9 Å². The van der Waals surface area contributed by atoms with Crippen LogP contribution >= 0.6 is 0 Å². The van der Waals surface area contributed by atoms with Gasteiger partial charge >= 0.3 is 5.97 Å². The minimum absolute atomic E-state index is 0.0156. The molecule has 4 atom stereocenters. The Labute approximate surface area is 217 Å². The first-order valence-electron chi connectivity index (χ1n) is 11.8. The lowest BCUT2D eigenvalue weighted by Gasteiger charge is -2.24. The molecule has 208 valence electrons. The summed E-state index contributed by atoms with van der Waals surface area (Å²) in [6.45, 7) is -1.55. The molecule has 2 aromatic rings. The van der Waals surface area contributed by atoms with Gasteiger partial charge in [-0.05, 0) is 30.9 Å². The van der Waals surface area contributed by atoms with Crippen LogP contribution in [0.15, 0.2) is 35.5 Å². The van der Waals surface area contributed by atoms with Crippen LogP contribution in [0, 0.1) is 0 Å². The molecule has 38 heavy (non-hydrogen) atoms. The number of aliphatic hydroxyl groups excluding tert-OH is 2. The molecule has 0 saturated carbocycles. The average molecular weight is 535 g/mol. The lowest BCUT2D eigenvalue weighted by molar-refractivity contribution is -0.143. The zero-order valence-corrected chi connectivity index (χ0v) is 20.6. The molecule has 4 unspecified atom stereocenters. The quantitative estimate of drug-likeness (QED) is 0.0614. The van der Waals surface area contributed by atoms with E-state index in [-0.39, 0.29) is 31.8 Å². The van der Waals surface area contributed by atoms with Crippen LogP contribution in [-0.4, -0.2) is 93.9 Å². The van der Waals surface area contributed by atoms with E-state index in [1.165, 1.54) is 0 Å². The van der Waals surface area contributed by atoms with Crippen LogP contribution in [0.1, 0.15) is 18.4 Å². The summed E-state index contributed by atoms with van der Waals surface area (Å²) in [7, 11) is 0. The first-order valence-corrected chi connectivity index (χ1v) is 11.8. The number of aromatic amines is 1. The van der Waals surface area contributed by atoms with Gasteiger partial charge in [0.2, 0.25) is 17.7 Å². The zero-order chi connectivity index (χ0) is 28.2. The van der Waals surface area contributed by atoms with Gasteiger partial charge in [0, 0.05) is 23.6 Å². The number of nitrogens with one attached hydrogen (secondary N) is 4. The van der Waals surface area contributed by atoms with Crippen molar-refractivity contribution >= 4 is 40.6 Å². The van der Waals surface area contributed by atoms with Crippen molar-refractivity contribution in [1.29, 1.82) is 0 Å². The maximum atomic E-state index is 12.8. The molecule has 0 aliphatic rings. The highest BCUT2D eigenvalue weighted by molar-refractivity contribution is 5.94. The molecule has 0 spiro atoms. The number of aromatic nitrogens is 1. The molecule has 0 aliphatic carbocycles. The molecule has 0 bridgehead atoms. The van der Waals surface area contributed by atoms with Crippen molar-refractivity contribution in [3.05, 3.63) is 36.0 Å². The first-order chi connectivity index (χ1) is 18.1. The Morgan fingerprint density at radius 1 is 0.921 bits per heavy atom. The summed E-state index contributed by atoms with van der Waals surface area (Å²) >= 11 is 0. The van der Waals surface area contributed by atoms with E-state index >= 15 is 0 Å². The van der Waals surface area contributed by atoms with Gasteiger partial charge in [-0.2, -0.15) is 0 Å². The van der Waals surface area contributed by atoms with Gasteiger partial charge in [0.25, 0.3) is 0 Å². The second kappa shape index (κ2) is 14.5. The number of carboxylic acids is 1. The number of aliphatic carboxylic acids is 1. The van der Waals surface area contributed by atoms with E-state index in [4.69, 9.17) is 22.3 Å². The maximum absolute atomic E-state index is 12.8. The molecule has 1 heterocycles. The predicted octanol–water partition coefficient (Wildman–Crippen LogP) is -3.39. The molecule has 15 nitrogen and oxygen atoms in total. The van der Waals surface area contributed by atoms with Gasteiger partial charge in [-0.25, -0.2) is 4.79 Å². The van der Waals surface area contributed by atoms with Gasteiger partial charge in [0.1, 0.15) is 18.1 Å². The van der Waals surface area contributed by atoms with Crippen molar-refractivity contribution in [2.45, 2.75) is 43.4 Å². The van der Waals surface area contributed by atoms with Gasteiger partial charge in [-0.15, -0.1) is 0 Å². The Morgan fingerprint density at radius 2 is 1.53 bits per heavy atom. The fourth-order valence-corrected chi connectivity index (χ4v) is 3.61. The standard InChI is InChI=1S/C23H34N8O7/c24-14(8-12-9-28-15-5-2-1-4-13(12)15)19(34)30-17(10-32)21(36)29-16(6-3-7-27-23(25)26)20(35)31-18(11-33)22(37)38/h1-2,4-5,9,14,16-18,28,32-33H,3,6-8,10-11,24H2,(H,29,36)(H,30,34)(H,31,35)(H,37,38)(H4,25,26,27). The van der Waals surface area contributed by atoms with E-state index in [1.807, 2.05) is 24.3 Å². The van der Waals surface area contributed by atoms with E-state index in [0.717, 1.165) is 16.5 Å². The number of aliphatic hydroxyl groups is 2. The molecule has 3 amide bonds. The number of rotatable bonds is 15. The number of carbonyl (C=O) groups excluding carboxylic acids is 3. The van der Waals surface area contributed by atoms with Gasteiger partial charge in [-0.1, -0.05) is 18.2 Å². The van der Waals surface area contributed by atoms with Crippen LogP contribution in [0.2, 0.25) is 0 Å². The highest BCUT2D eigenvalue weighted by Gasteiger charge is 2.30. The number of nitrogens with two attached hydrogens (primary N) is 3. The van der Waals surface area contributed by atoms with Gasteiger partial charge < -0.3 is 53.5 Å². The Balaban J connectivity index is 2.05. The van der Waals surface area contributed by atoms with E-state index in [9.17, 15) is 29.4 Å². The van der Waals surface area contributed by atoms with Crippen molar-refractivity contribution in [2.24, 2.45) is 22.2 Å². The van der Waals surface area contributed by atoms with Gasteiger partial charge in [0.15, 0.2) is 5.96 Å².